The number of nitrogens with one attached hydrogen (secondary N) is 1. The Kier molecular flexibility index (Phi) is 2.90. The summed E-state index contributed by atoms with van der Waals surface area (Å²) in [6.45, 7) is 2.14. The maximum atomic E-state index is 13.4. The highest BCUT2D eigenvalue weighted by Gasteiger charge is 2.53. The van der Waals surface area contributed by atoms with Crippen LogP contribution in [0.25, 0.3) is 0 Å². The monoisotopic (exact) mass is 288 g/mol. The summed E-state index contributed by atoms with van der Waals surface area (Å²) >= 11 is 0. The Hall–Kier alpha value is -0.570. The molecule has 2 heterocycles. The number of hydrogen-bond donors (Lipinski definition) is 1. The molecule has 116 valence electrons. The number of fused-ring (bicyclic) bond motifs is 2. The van der Waals surface area contributed by atoms with Crippen LogP contribution in [0.1, 0.15) is 51.4 Å². The molecule has 1 amide bonds. The van der Waals surface area contributed by atoms with E-state index in [1.165, 1.54) is 51.4 Å². The van der Waals surface area contributed by atoms with Gasteiger partial charge in [-0.25, -0.2) is 0 Å². The zero-order valence-electron chi connectivity index (χ0n) is 13.0. The first kappa shape index (κ1) is 12.9. The number of carbonyl (C=O) groups excluding carboxylic acids is 1. The van der Waals surface area contributed by atoms with Crippen LogP contribution in [0.4, 0.5) is 0 Å². The lowest BCUT2D eigenvalue weighted by atomic mass is 9.51. The fraction of sp³-hybridized carbons (Fsp3) is 0.944. The molecule has 0 aromatic carbocycles. The molecule has 3 heteroatoms. The summed E-state index contributed by atoms with van der Waals surface area (Å²) in [5.41, 5.74) is 0. The van der Waals surface area contributed by atoms with Crippen molar-refractivity contribution in [3.8, 4) is 0 Å². The Morgan fingerprint density at radius 2 is 1.52 bits per heavy atom. The molecule has 2 saturated heterocycles. The van der Waals surface area contributed by atoms with Crippen molar-refractivity contribution in [2.24, 2.45) is 29.6 Å². The normalized spacial score (nSPS) is 51.2. The van der Waals surface area contributed by atoms with Gasteiger partial charge in [-0.05, 0) is 81.6 Å². The molecular formula is C18H28N2O. The zero-order valence-corrected chi connectivity index (χ0v) is 13.0. The Labute approximate surface area is 127 Å². The first-order chi connectivity index (χ1) is 10.3. The molecule has 0 spiro atoms. The first-order valence-corrected chi connectivity index (χ1v) is 9.32. The van der Waals surface area contributed by atoms with Gasteiger partial charge in [-0.3, -0.25) is 4.79 Å². The molecule has 2 aliphatic heterocycles. The van der Waals surface area contributed by atoms with E-state index in [0.29, 0.717) is 23.9 Å². The van der Waals surface area contributed by atoms with E-state index in [9.17, 15) is 4.79 Å². The SMILES string of the molecule is O=C(C1C2CC3CC(C2)CC1C3)N1C2CCNCC1CC2. The zero-order chi connectivity index (χ0) is 14.0. The number of nitrogens with zero attached hydrogens (tertiary/aromatic N) is 1. The van der Waals surface area contributed by atoms with Crippen molar-refractivity contribution < 1.29 is 4.79 Å². The summed E-state index contributed by atoms with van der Waals surface area (Å²) in [4.78, 5) is 15.8. The van der Waals surface area contributed by atoms with Crippen molar-refractivity contribution in [3.63, 3.8) is 0 Å². The van der Waals surface area contributed by atoms with Crippen molar-refractivity contribution in [2.75, 3.05) is 13.1 Å². The fourth-order valence-corrected chi connectivity index (χ4v) is 6.84. The predicted molar refractivity (Wildman–Crippen MR) is 81.7 cm³/mol. The second-order valence-electron chi connectivity index (χ2n) is 8.58. The third-order valence-corrected chi connectivity index (χ3v) is 7.42. The topological polar surface area (TPSA) is 32.3 Å². The van der Waals surface area contributed by atoms with E-state index in [1.807, 2.05) is 0 Å². The molecule has 6 bridgehead atoms. The van der Waals surface area contributed by atoms with Gasteiger partial charge in [0.05, 0.1) is 0 Å². The molecule has 6 rings (SSSR count). The Balaban J connectivity index is 1.41. The molecule has 21 heavy (non-hydrogen) atoms. The fourth-order valence-electron chi connectivity index (χ4n) is 6.84. The van der Waals surface area contributed by atoms with Gasteiger partial charge in [0.1, 0.15) is 0 Å². The number of rotatable bonds is 1. The van der Waals surface area contributed by atoms with Crippen molar-refractivity contribution in [2.45, 2.75) is 63.5 Å². The van der Waals surface area contributed by atoms with E-state index < -0.39 is 0 Å². The second kappa shape index (κ2) is 4.71. The van der Waals surface area contributed by atoms with E-state index in [1.54, 1.807) is 0 Å². The van der Waals surface area contributed by atoms with E-state index in [-0.39, 0.29) is 0 Å². The van der Waals surface area contributed by atoms with Gasteiger partial charge in [-0.2, -0.15) is 0 Å². The molecular weight excluding hydrogens is 260 g/mol. The van der Waals surface area contributed by atoms with Crippen LogP contribution >= 0.6 is 0 Å². The van der Waals surface area contributed by atoms with Crippen LogP contribution < -0.4 is 5.32 Å². The van der Waals surface area contributed by atoms with E-state index in [4.69, 9.17) is 0 Å². The summed E-state index contributed by atoms with van der Waals surface area (Å²) < 4.78 is 0. The van der Waals surface area contributed by atoms with Crippen molar-refractivity contribution >= 4 is 5.91 Å². The molecule has 3 nitrogen and oxygen atoms in total. The van der Waals surface area contributed by atoms with Gasteiger partial charge in [0.25, 0.3) is 0 Å². The van der Waals surface area contributed by atoms with Crippen molar-refractivity contribution in [1.82, 2.24) is 10.2 Å². The largest absolute Gasteiger partial charge is 0.335 e. The second-order valence-corrected chi connectivity index (χ2v) is 8.58. The summed E-state index contributed by atoms with van der Waals surface area (Å²) in [6, 6.07) is 1.05. The Bertz CT molecular complexity index is 406. The van der Waals surface area contributed by atoms with Crippen LogP contribution in [0.15, 0.2) is 0 Å². The Morgan fingerprint density at radius 1 is 0.857 bits per heavy atom. The van der Waals surface area contributed by atoms with Crippen LogP contribution in [0.2, 0.25) is 0 Å². The number of carbonyl (C=O) groups is 1. The molecule has 6 aliphatic rings. The molecule has 0 aromatic rings. The van der Waals surface area contributed by atoms with Gasteiger partial charge in [-0.1, -0.05) is 0 Å². The average Bonchev–Trinajstić information content (AvgIpc) is 2.70. The van der Waals surface area contributed by atoms with Crippen molar-refractivity contribution in [1.29, 1.82) is 0 Å². The molecule has 0 radical (unpaired) electrons. The summed E-state index contributed by atoms with van der Waals surface area (Å²) in [5, 5.41) is 3.54. The highest BCUT2D eigenvalue weighted by Crippen LogP contribution is 2.57. The average molecular weight is 288 g/mol. The van der Waals surface area contributed by atoms with Gasteiger partial charge >= 0.3 is 0 Å². The quantitative estimate of drug-likeness (QED) is 0.803. The third-order valence-electron chi connectivity index (χ3n) is 7.42. The highest BCUT2D eigenvalue weighted by atomic mass is 16.2. The molecule has 6 fully saturated rings. The predicted octanol–water partition coefficient (Wildman–Crippen LogP) is 2.41. The molecule has 4 aliphatic carbocycles. The lowest BCUT2D eigenvalue weighted by Crippen LogP contribution is -2.54. The van der Waals surface area contributed by atoms with Gasteiger partial charge in [-0.15, -0.1) is 0 Å². The number of amides is 1. The molecule has 2 unspecified atom stereocenters. The van der Waals surface area contributed by atoms with E-state index >= 15 is 0 Å². The van der Waals surface area contributed by atoms with E-state index in [0.717, 1.165) is 36.8 Å². The Morgan fingerprint density at radius 3 is 2.24 bits per heavy atom. The molecule has 4 saturated carbocycles. The summed E-state index contributed by atoms with van der Waals surface area (Å²) in [7, 11) is 0. The van der Waals surface area contributed by atoms with Crippen molar-refractivity contribution in [3.05, 3.63) is 0 Å². The molecule has 0 aromatic heterocycles. The van der Waals surface area contributed by atoms with Gasteiger partial charge in [0.2, 0.25) is 5.91 Å². The minimum atomic E-state index is 0.402. The van der Waals surface area contributed by atoms with Gasteiger partial charge in [0.15, 0.2) is 0 Å². The lowest BCUT2D eigenvalue weighted by molar-refractivity contribution is -0.151. The highest BCUT2D eigenvalue weighted by molar-refractivity contribution is 5.81. The van der Waals surface area contributed by atoms with Crippen LogP contribution in [-0.2, 0) is 4.79 Å². The van der Waals surface area contributed by atoms with Crippen LogP contribution in [-0.4, -0.2) is 36.0 Å². The van der Waals surface area contributed by atoms with Crippen LogP contribution in [0.5, 0.6) is 0 Å². The maximum absolute atomic E-state index is 13.4. The summed E-state index contributed by atoms with van der Waals surface area (Å²) in [6.07, 6.45) is 10.6. The van der Waals surface area contributed by atoms with Gasteiger partial charge in [0, 0.05) is 24.5 Å². The minimum Gasteiger partial charge on any atom is -0.335 e. The van der Waals surface area contributed by atoms with E-state index in [2.05, 4.69) is 10.2 Å². The standard InChI is InChI=1S/C18H28N2O/c21-18(20-15-1-2-16(20)10-19-4-3-15)17-13-6-11-5-12(8-13)9-14(17)7-11/h11-17,19H,1-10H2. The lowest BCUT2D eigenvalue weighted by Gasteiger charge is -2.54. The maximum Gasteiger partial charge on any atom is 0.226 e. The first-order valence-electron chi connectivity index (χ1n) is 9.32. The summed E-state index contributed by atoms with van der Waals surface area (Å²) in [5.74, 6) is 4.39. The molecule has 2 atom stereocenters. The van der Waals surface area contributed by atoms with Crippen LogP contribution in [0.3, 0.4) is 0 Å². The number of hydrogen-bond acceptors (Lipinski definition) is 2. The van der Waals surface area contributed by atoms with Gasteiger partial charge < -0.3 is 10.2 Å². The molecule has 1 N–H and O–H groups in total. The third kappa shape index (κ3) is 1.92. The smallest absolute Gasteiger partial charge is 0.226 e. The van der Waals surface area contributed by atoms with Crippen LogP contribution in [0, 0.1) is 29.6 Å². The minimum absolute atomic E-state index is 0.402.